The van der Waals surface area contributed by atoms with Gasteiger partial charge in [0.2, 0.25) is 5.82 Å². The molecule has 0 fully saturated rings. The minimum Gasteiger partial charge on any atom is -0.319 e. The molecule has 0 aliphatic carbocycles. The number of hydrogen-bond acceptors (Lipinski definition) is 5. The van der Waals surface area contributed by atoms with Crippen molar-refractivity contribution in [2.45, 2.75) is 6.92 Å². The van der Waals surface area contributed by atoms with Crippen LogP contribution in [0.5, 0.6) is 0 Å². The lowest BCUT2D eigenvalue weighted by atomic mass is 10.1. The Balaban J connectivity index is 1.78. The number of anilines is 1. The number of hydrogen-bond donors (Lipinski definition) is 1. The lowest BCUT2D eigenvalue weighted by molar-refractivity contribution is -0.384. The second-order valence-electron chi connectivity index (χ2n) is 6.83. The Hall–Kier alpha value is -3.75. The maximum absolute atomic E-state index is 12.9. The predicted molar refractivity (Wildman–Crippen MR) is 123 cm³/mol. The molecule has 32 heavy (non-hydrogen) atoms. The lowest BCUT2D eigenvalue weighted by Crippen LogP contribution is -2.14. The summed E-state index contributed by atoms with van der Waals surface area (Å²) >= 11 is 12.4. The molecule has 1 N–H and O–H groups in total. The molecule has 0 aliphatic rings. The molecule has 4 rings (SSSR count). The van der Waals surface area contributed by atoms with Crippen LogP contribution >= 0.6 is 23.2 Å². The van der Waals surface area contributed by atoms with E-state index in [1.54, 1.807) is 42.5 Å². The summed E-state index contributed by atoms with van der Waals surface area (Å²) in [5.74, 6) is -0.347. The third-order valence-electron chi connectivity index (χ3n) is 4.68. The zero-order valence-electron chi connectivity index (χ0n) is 16.6. The number of halogens is 2. The molecule has 1 amide bonds. The minimum absolute atomic E-state index is 0.120. The molecule has 8 nitrogen and oxygen atoms in total. The van der Waals surface area contributed by atoms with Gasteiger partial charge in [-0.3, -0.25) is 14.9 Å². The topological polar surface area (TPSA) is 103 Å². The van der Waals surface area contributed by atoms with Gasteiger partial charge in [-0.15, -0.1) is 5.10 Å². The van der Waals surface area contributed by atoms with E-state index in [0.717, 1.165) is 5.56 Å². The highest BCUT2D eigenvalue weighted by Gasteiger charge is 2.21. The first-order valence-electron chi connectivity index (χ1n) is 9.38. The Labute approximate surface area is 192 Å². The number of amides is 1. The van der Waals surface area contributed by atoms with Gasteiger partial charge >= 0.3 is 0 Å². The zero-order chi connectivity index (χ0) is 22.8. The third kappa shape index (κ3) is 4.32. The van der Waals surface area contributed by atoms with E-state index in [1.165, 1.54) is 22.9 Å². The van der Waals surface area contributed by atoms with Gasteiger partial charge in [-0.1, -0.05) is 47.5 Å². The Kier molecular flexibility index (Phi) is 5.89. The van der Waals surface area contributed by atoms with Gasteiger partial charge in [-0.05, 0) is 42.8 Å². The van der Waals surface area contributed by atoms with Crippen molar-refractivity contribution in [1.82, 2.24) is 14.8 Å². The van der Waals surface area contributed by atoms with E-state index >= 15 is 0 Å². The monoisotopic (exact) mass is 467 g/mol. The van der Waals surface area contributed by atoms with Crippen LogP contribution in [-0.4, -0.2) is 25.6 Å². The molecule has 0 saturated carbocycles. The van der Waals surface area contributed by atoms with E-state index in [-0.39, 0.29) is 17.2 Å². The van der Waals surface area contributed by atoms with Crippen LogP contribution in [0.4, 0.5) is 11.4 Å². The second kappa shape index (κ2) is 8.78. The molecule has 0 aliphatic heterocycles. The Morgan fingerprint density at radius 2 is 1.81 bits per heavy atom. The number of carbonyl (C=O) groups excluding carboxylic acids is 1. The number of benzene rings is 3. The van der Waals surface area contributed by atoms with Gasteiger partial charge in [0.05, 0.1) is 10.6 Å². The summed E-state index contributed by atoms with van der Waals surface area (Å²) in [6.45, 7) is 1.84. The number of aromatic nitrogens is 3. The third-order valence-corrected chi connectivity index (χ3v) is 5.32. The fourth-order valence-corrected chi connectivity index (χ4v) is 3.46. The number of rotatable bonds is 5. The van der Waals surface area contributed by atoms with Gasteiger partial charge in [-0.25, -0.2) is 9.67 Å². The molecule has 3 aromatic carbocycles. The highest BCUT2D eigenvalue weighted by Crippen LogP contribution is 2.28. The van der Waals surface area contributed by atoms with Crippen LogP contribution in [0, 0.1) is 17.0 Å². The van der Waals surface area contributed by atoms with Crippen molar-refractivity contribution in [2.24, 2.45) is 0 Å². The van der Waals surface area contributed by atoms with Crippen molar-refractivity contribution >= 4 is 40.5 Å². The summed E-state index contributed by atoms with van der Waals surface area (Å²) in [5.41, 5.74) is 2.17. The van der Waals surface area contributed by atoms with Crippen LogP contribution in [0.2, 0.25) is 10.0 Å². The number of nitro groups is 1. The van der Waals surface area contributed by atoms with Crippen LogP contribution < -0.4 is 5.32 Å². The maximum atomic E-state index is 12.9. The van der Waals surface area contributed by atoms with E-state index in [2.05, 4.69) is 15.4 Å². The summed E-state index contributed by atoms with van der Waals surface area (Å²) in [5, 5.41) is 19.0. The van der Waals surface area contributed by atoms with Gasteiger partial charge in [0, 0.05) is 33.4 Å². The van der Waals surface area contributed by atoms with E-state index in [4.69, 9.17) is 23.2 Å². The van der Waals surface area contributed by atoms with E-state index in [9.17, 15) is 14.9 Å². The lowest BCUT2D eigenvalue weighted by Gasteiger charge is -2.10. The standard InChI is InChI=1S/C22H15Cl2N5O3/c1-13-18(24)9-4-10-19(13)28-21(14-5-2-6-15(23)11-14)26-20(27-28)22(30)25-16-7-3-8-17(12-16)29(31)32/h2-12H,1H3,(H,25,30). The summed E-state index contributed by atoms with van der Waals surface area (Å²) in [7, 11) is 0. The first kappa shape index (κ1) is 21.5. The molecule has 4 aromatic rings. The van der Waals surface area contributed by atoms with Crippen LogP contribution in [0.15, 0.2) is 66.7 Å². The van der Waals surface area contributed by atoms with Gasteiger partial charge < -0.3 is 5.32 Å². The molecule has 0 spiro atoms. The largest absolute Gasteiger partial charge is 0.319 e. The van der Waals surface area contributed by atoms with Crippen LogP contribution in [0.25, 0.3) is 17.1 Å². The van der Waals surface area contributed by atoms with Crippen LogP contribution in [0.3, 0.4) is 0 Å². The van der Waals surface area contributed by atoms with Crippen LogP contribution in [-0.2, 0) is 0 Å². The Morgan fingerprint density at radius 3 is 2.56 bits per heavy atom. The van der Waals surface area contributed by atoms with Crippen molar-refractivity contribution in [3.8, 4) is 17.1 Å². The van der Waals surface area contributed by atoms with Gasteiger partial charge in [0.15, 0.2) is 5.82 Å². The molecule has 0 atom stereocenters. The Morgan fingerprint density at radius 1 is 1.06 bits per heavy atom. The minimum atomic E-state index is -0.618. The Bertz CT molecular complexity index is 1350. The van der Waals surface area contributed by atoms with Crippen LogP contribution in [0.1, 0.15) is 16.2 Å². The average molecular weight is 468 g/mol. The molecular formula is C22H15Cl2N5O3. The number of nitrogens with zero attached hydrogens (tertiary/aromatic N) is 4. The van der Waals surface area contributed by atoms with Crippen molar-refractivity contribution in [2.75, 3.05) is 5.32 Å². The highest BCUT2D eigenvalue weighted by atomic mass is 35.5. The molecule has 1 heterocycles. The van der Waals surface area contributed by atoms with Crippen molar-refractivity contribution in [1.29, 1.82) is 0 Å². The zero-order valence-corrected chi connectivity index (χ0v) is 18.1. The normalized spacial score (nSPS) is 10.7. The van der Waals surface area contributed by atoms with Crippen molar-refractivity contribution < 1.29 is 9.72 Å². The number of nitro benzene ring substituents is 1. The fraction of sp³-hybridized carbons (Fsp3) is 0.0455. The molecule has 0 bridgehead atoms. The van der Waals surface area contributed by atoms with Gasteiger partial charge in [0.1, 0.15) is 0 Å². The first-order chi connectivity index (χ1) is 15.3. The van der Waals surface area contributed by atoms with Crippen molar-refractivity contribution in [3.63, 3.8) is 0 Å². The number of nitrogens with one attached hydrogen (secondary N) is 1. The molecule has 1 aromatic heterocycles. The van der Waals surface area contributed by atoms with Crippen molar-refractivity contribution in [3.05, 3.63) is 98.3 Å². The molecule has 0 saturated heterocycles. The van der Waals surface area contributed by atoms with E-state index in [0.29, 0.717) is 27.1 Å². The summed E-state index contributed by atoms with van der Waals surface area (Å²) in [4.78, 5) is 27.8. The summed E-state index contributed by atoms with van der Waals surface area (Å²) < 4.78 is 1.52. The predicted octanol–water partition coefficient (Wildman–Crippen LogP) is 5.71. The average Bonchev–Trinajstić information content (AvgIpc) is 3.21. The number of non-ortho nitro benzene ring substituents is 1. The van der Waals surface area contributed by atoms with E-state index < -0.39 is 10.8 Å². The summed E-state index contributed by atoms with van der Waals surface area (Å²) in [6, 6.07) is 18.0. The molecule has 160 valence electrons. The van der Waals surface area contributed by atoms with Gasteiger partial charge in [-0.2, -0.15) is 0 Å². The quantitative estimate of drug-likeness (QED) is 0.299. The smallest absolute Gasteiger partial charge is 0.295 e. The molecule has 0 radical (unpaired) electrons. The molecule has 0 unspecified atom stereocenters. The molecule has 10 heteroatoms. The maximum Gasteiger partial charge on any atom is 0.295 e. The fourth-order valence-electron chi connectivity index (χ4n) is 3.10. The first-order valence-corrected chi connectivity index (χ1v) is 10.1. The molecular weight excluding hydrogens is 453 g/mol. The number of carbonyl (C=O) groups is 1. The highest BCUT2D eigenvalue weighted by molar-refractivity contribution is 6.31. The second-order valence-corrected chi connectivity index (χ2v) is 7.67. The summed E-state index contributed by atoms with van der Waals surface area (Å²) in [6.07, 6.45) is 0. The SMILES string of the molecule is Cc1c(Cl)cccc1-n1nc(C(=O)Nc2cccc([N+](=O)[O-])c2)nc1-c1cccc(Cl)c1. The van der Waals surface area contributed by atoms with Gasteiger partial charge in [0.25, 0.3) is 11.6 Å². The van der Waals surface area contributed by atoms with E-state index in [1.807, 2.05) is 13.0 Å².